The Balaban J connectivity index is 2.45. The van der Waals surface area contributed by atoms with E-state index in [9.17, 15) is 4.79 Å². The zero-order valence-electron chi connectivity index (χ0n) is 8.61. The first-order valence-electron chi connectivity index (χ1n) is 4.64. The van der Waals surface area contributed by atoms with Gasteiger partial charge in [0.15, 0.2) is 5.65 Å². The molecule has 0 aromatic carbocycles. The van der Waals surface area contributed by atoms with Gasteiger partial charge in [-0.1, -0.05) is 0 Å². The second-order valence-electron chi connectivity index (χ2n) is 3.42. The van der Waals surface area contributed by atoms with E-state index in [4.69, 9.17) is 16.6 Å². The van der Waals surface area contributed by atoms with E-state index in [2.05, 4.69) is 27.6 Å². The number of hydrogen-bond donors (Lipinski definition) is 4. The van der Waals surface area contributed by atoms with Crippen LogP contribution in [0.5, 0.6) is 0 Å². The van der Waals surface area contributed by atoms with Gasteiger partial charge in [0.1, 0.15) is 16.6 Å². The van der Waals surface area contributed by atoms with Crippen molar-refractivity contribution in [2.75, 3.05) is 5.73 Å². The van der Waals surface area contributed by atoms with Crippen LogP contribution >= 0.6 is 12.6 Å². The Kier molecular flexibility index (Phi) is 2.86. The normalized spacial score (nSPS) is 12.8. The Hall–Kier alpha value is -1.87. The molecule has 17 heavy (non-hydrogen) atoms. The van der Waals surface area contributed by atoms with E-state index in [1.807, 2.05) is 0 Å². The summed E-state index contributed by atoms with van der Waals surface area (Å²) < 4.78 is 1.51. The largest absolute Gasteiger partial charge is 0.480 e. The minimum atomic E-state index is -1.10. The lowest BCUT2D eigenvalue weighted by Gasteiger charge is -2.07. The van der Waals surface area contributed by atoms with Crippen molar-refractivity contribution >= 4 is 35.7 Å². The Morgan fingerprint density at radius 2 is 2.29 bits per heavy atom. The summed E-state index contributed by atoms with van der Waals surface area (Å²) in [5, 5.41) is 9.07. The third-order valence-corrected chi connectivity index (χ3v) is 2.49. The van der Waals surface area contributed by atoms with Crippen LogP contribution in [0.1, 0.15) is 0 Å². The maximum atomic E-state index is 10.7. The zero-order valence-corrected chi connectivity index (χ0v) is 9.50. The van der Waals surface area contributed by atoms with Crippen LogP contribution in [0.15, 0.2) is 11.4 Å². The van der Waals surface area contributed by atoms with E-state index in [1.54, 1.807) is 0 Å². The Morgan fingerprint density at radius 3 is 2.94 bits per heavy atom. The zero-order chi connectivity index (χ0) is 12.6. The summed E-state index contributed by atoms with van der Waals surface area (Å²) >= 11 is 4.11. The van der Waals surface area contributed by atoms with Gasteiger partial charge >= 0.3 is 5.97 Å². The maximum Gasteiger partial charge on any atom is 0.322 e. The predicted molar refractivity (Wildman–Crippen MR) is 62.6 cm³/mol. The van der Waals surface area contributed by atoms with Crippen molar-refractivity contribution in [2.45, 2.75) is 17.6 Å². The van der Waals surface area contributed by atoms with Crippen LogP contribution in [-0.2, 0) is 11.3 Å². The third kappa shape index (κ3) is 2.15. The van der Waals surface area contributed by atoms with Crippen LogP contribution in [-0.4, -0.2) is 36.6 Å². The van der Waals surface area contributed by atoms with Crippen LogP contribution < -0.4 is 11.5 Å². The molecule has 0 aliphatic carbocycles. The minimum Gasteiger partial charge on any atom is -0.480 e. The monoisotopic (exact) mass is 254 g/mol. The number of rotatable bonds is 3. The topological polar surface area (TPSA) is 133 Å². The van der Waals surface area contributed by atoms with Gasteiger partial charge in [-0.15, -0.1) is 12.6 Å². The summed E-state index contributed by atoms with van der Waals surface area (Å²) in [5.41, 5.74) is 11.8. The number of nitrogens with zero attached hydrogens (tertiary/aromatic N) is 4. The number of aromatic nitrogens is 4. The average molecular weight is 254 g/mol. The molecule has 2 aromatic rings. The molecule has 5 N–H and O–H groups in total. The molecule has 0 spiro atoms. The number of carboxylic acid groups (broad SMARTS) is 1. The third-order valence-electron chi connectivity index (χ3n) is 2.17. The molecule has 0 bridgehead atoms. The van der Waals surface area contributed by atoms with Gasteiger partial charge in [0.05, 0.1) is 12.9 Å². The van der Waals surface area contributed by atoms with E-state index in [0.29, 0.717) is 16.2 Å². The summed E-state index contributed by atoms with van der Waals surface area (Å²) in [4.78, 5) is 22.5. The smallest absolute Gasteiger partial charge is 0.322 e. The molecule has 2 rings (SSSR count). The highest BCUT2D eigenvalue weighted by Gasteiger charge is 2.16. The molecule has 0 radical (unpaired) electrons. The van der Waals surface area contributed by atoms with E-state index >= 15 is 0 Å². The SMILES string of the molecule is Nc1nc(S)c2ncn(C[C@H](N)C(=O)O)c2n1. The second-order valence-corrected chi connectivity index (χ2v) is 3.84. The number of hydrogen-bond acceptors (Lipinski definition) is 7. The molecule has 0 amide bonds. The van der Waals surface area contributed by atoms with Crippen molar-refractivity contribution in [3.63, 3.8) is 0 Å². The van der Waals surface area contributed by atoms with Crippen LogP contribution in [0.4, 0.5) is 5.95 Å². The number of thiol groups is 1. The lowest BCUT2D eigenvalue weighted by Crippen LogP contribution is -2.34. The fourth-order valence-electron chi connectivity index (χ4n) is 1.37. The lowest BCUT2D eigenvalue weighted by molar-refractivity contribution is -0.138. The van der Waals surface area contributed by atoms with Crippen LogP contribution in [0.2, 0.25) is 0 Å². The average Bonchev–Trinajstić information content (AvgIpc) is 2.61. The van der Waals surface area contributed by atoms with E-state index in [-0.39, 0.29) is 12.5 Å². The number of carbonyl (C=O) groups is 1. The molecule has 0 saturated carbocycles. The summed E-state index contributed by atoms with van der Waals surface area (Å²) in [6.45, 7) is 0.0511. The maximum absolute atomic E-state index is 10.7. The van der Waals surface area contributed by atoms with Gasteiger partial charge in [-0.05, 0) is 0 Å². The van der Waals surface area contributed by atoms with Gasteiger partial charge < -0.3 is 21.1 Å². The van der Waals surface area contributed by atoms with Crippen molar-refractivity contribution in [3.8, 4) is 0 Å². The Bertz CT molecular complexity index is 583. The first-order chi connectivity index (χ1) is 7.99. The van der Waals surface area contributed by atoms with Gasteiger partial charge in [-0.2, -0.15) is 4.98 Å². The highest BCUT2D eigenvalue weighted by Crippen LogP contribution is 2.18. The second kappa shape index (κ2) is 4.18. The fourth-order valence-corrected chi connectivity index (χ4v) is 1.63. The number of aliphatic carboxylic acids is 1. The lowest BCUT2D eigenvalue weighted by atomic mass is 10.3. The molecule has 0 fully saturated rings. The number of fused-ring (bicyclic) bond motifs is 1. The Morgan fingerprint density at radius 1 is 1.59 bits per heavy atom. The molecular weight excluding hydrogens is 244 g/mol. The molecule has 2 aromatic heterocycles. The van der Waals surface area contributed by atoms with Crippen molar-refractivity contribution in [3.05, 3.63) is 6.33 Å². The molecule has 0 saturated heterocycles. The van der Waals surface area contributed by atoms with Crippen LogP contribution in [0.3, 0.4) is 0 Å². The van der Waals surface area contributed by atoms with E-state index in [0.717, 1.165) is 0 Å². The molecular formula is C8H10N6O2S. The number of anilines is 1. The van der Waals surface area contributed by atoms with E-state index in [1.165, 1.54) is 10.9 Å². The Labute approximate surface area is 101 Å². The summed E-state index contributed by atoms with van der Waals surface area (Å²) in [5.74, 6) is -1.05. The van der Waals surface area contributed by atoms with Crippen LogP contribution in [0, 0.1) is 0 Å². The molecule has 0 unspecified atom stereocenters. The van der Waals surface area contributed by atoms with Gasteiger partial charge in [0.25, 0.3) is 0 Å². The van der Waals surface area contributed by atoms with Gasteiger partial charge in [0, 0.05) is 0 Å². The predicted octanol–water partition coefficient (Wildman–Crippen LogP) is -0.891. The van der Waals surface area contributed by atoms with Crippen molar-refractivity contribution in [2.24, 2.45) is 5.73 Å². The van der Waals surface area contributed by atoms with E-state index < -0.39 is 12.0 Å². The first-order valence-corrected chi connectivity index (χ1v) is 5.09. The van der Waals surface area contributed by atoms with Crippen molar-refractivity contribution in [1.29, 1.82) is 0 Å². The molecule has 1 atom stereocenters. The fraction of sp³-hybridized carbons (Fsp3) is 0.250. The van der Waals surface area contributed by atoms with Gasteiger partial charge in [-0.25, -0.2) is 9.97 Å². The van der Waals surface area contributed by atoms with Crippen molar-refractivity contribution < 1.29 is 9.90 Å². The highest BCUT2D eigenvalue weighted by atomic mass is 32.1. The number of nitrogen functional groups attached to an aromatic ring is 1. The molecule has 0 aliphatic rings. The van der Waals surface area contributed by atoms with Gasteiger partial charge in [0.2, 0.25) is 5.95 Å². The molecule has 8 nitrogen and oxygen atoms in total. The molecule has 2 heterocycles. The minimum absolute atomic E-state index is 0.0492. The van der Waals surface area contributed by atoms with Crippen LogP contribution in [0.25, 0.3) is 11.2 Å². The summed E-state index contributed by atoms with van der Waals surface area (Å²) in [7, 11) is 0. The summed E-state index contributed by atoms with van der Waals surface area (Å²) in [6, 6.07) is -1.04. The van der Waals surface area contributed by atoms with Crippen molar-refractivity contribution in [1.82, 2.24) is 19.5 Å². The van der Waals surface area contributed by atoms with Gasteiger partial charge in [-0.3, -0.25) is 4.79 Å². The number of carboxylic acids is 1. The molecule has 9 heteroatoms. The summed E-state index contributed by atoms with van der Waals surface area (Å²) in [6.07, 6.45) is 1.43. The number of nitrogens with two attached hydrogens (primary N) is 2. The standard InChI is InChI=1S/C8H10N6O2S/c9-3(7(15)16)1-14-2-11-4-5(14)12-8(10)13-6(4)17/h2-3H,1,9H2,(H,15,16)(H3,10,12,13,17)/t3-/m0/s1. The molecule has 90 valence electrons. The quantitative estimate of drug-likeness (QED) is 0.412. The highest BCUT2D eigenvalue weighted by molar-refractivity contribution is 7.80. The molecule has 0 aliphatic heterocycles. The number of imidazole rings is 1. The first kappa shape index (κ1) is 11.6.